The van der Waals surface area contributed by atoms with Gasteiger partial charge in [0, 0.05) is 19.2 Å². The molecule has 100 valence electrons. The number of aliphatic hydroxyl groups excluding tert-OH is 1. The van der Waals surface area contributed by atoms with E-state index in [4.69, 9.17) is 9.84 Å². The normalized spacial score (nSPS) is 20.4. The molecule has 0 bridgehead atoms. The highest BCUT2D eigenvalue weighted by molar-refractivity contribution is 5.31. The van der Waals surface area contributed by atoms with Crippen molar-refractivity contribution in [3.8, 4) is 0 Å². The van der Waals surface area contributed by atoms with E-state index < -0.39 is 0 Å². The van der Waals surface area contributed by atoms with Gasteiger partial charge < -0.3 is 15.2 Å². The van der Waals surface area contributed by atoms with E-state index in [2.05, 4.69) is 36.5 Å². The van der Waals surface area contributed by atoms with E-state index in [1.165, 1.54) is 11.1 Å². The van der Waals surface area contributed by atoms with Gasteiger partial charge in [0.1, 0.15) is 0 Å². The molecule has 2 N–H and O–H groups in total. The van der Waals surface area contributed by atoms with Crippen LogP contribution in [0.5, 0.6) is 0 Å². The van der Waals surface area contributed by atoms with Crippen LogP contribution in [0.2, 0.25) is 0 Å². The van der Waals surface area contributed by atoms with Gasteiger partial charge in [-0.3, -0.25) is 0 Å². The molecule has 0 saturated carbocycles. The third-order valence-corrected chi connectivity index (χ3v) is 3.54. The molecule has 0 aromatic heterocycles. The van der Waals surface area contributed by atoms with Crippen LogP contribution < -0.4 is 5.32 Å². The molecule has 1 heterocycles. The Morgan fingerprint density at radius 3 is 3.11 bits per heavy atom. The standard InChI is InChI=1S/C15H23NO2/c1-12(5-4-9-17)16-11-15-14-7-3-2-6-13(14)8-10-18-15/h2-3,6-7,12,15-17H,4-5,8-11H2,1H3. The number of nitrogens with one attached hydrogen (secondary N) is 1. The molecule has 0 saturated heterocycles. The van der Waals surface area contributed by atoms with Crippen molar-refractivity contribution in [2.75, 3.05) is 19.8 Å². The highest BCUT2D eigenvalue weighted by Gasteiger charge is 2.20. The van der Waals surface area contributed by atoms with Crippen molar-refractivity contribution in [3.63, 3.8) is 0 Å². The zero-order valence-electron chi connectivity index (χ0n) is 11.1. The summed E-state index contributed by atoms with van der Waals surface area (Å²) in [5.41, 5.74) is 2.74. The molecule has 0 aliphatic carbocycles. The van der Waals surface area contributed by atoms with Crippen molar-refractivity contribution in [1.29, 1.82) is 0 Å². The number of rotatable bonds is 6. The molecule has 2 atom stereocenters. The molecule has 1 aliphatic rings. The van der Waals surface area contributed by atoms with Crippen LogP contribution in [-0.2, 0) is 11.2 Å². The molecule has 1 aromatic rings. The number of hydrogen-bond donors (Lipinski definition) is 2. The summed E-state index contributed by atoms with van der Waals surface area (Å²) >= 11 is 0. The Balaban J connectivity index is 1.87. The zero-order valence-corrected chi connectivity index (χ0v) is 11.1. The van der Waals surface area contributed by atoms with E-state index in [1.54, 1.807) is 0 Å². The van der Waals surface area contributed by atoms with E-state index in [0.29, 0.717) is 6.04 Å². The first-order chi connectivity index (χ1) is 8.81. The summed E-state index contributed by atoms with van der Waals surface area (Å²) in [5.74, 6) is 0. The van der Waals surface area contributed by atoms with Crippen LogP contribution in [0.1, 0.15) is 37.0 Å². The third kappa shape index (κ3) is 3.55. The van der Waals surface area contributed by atoms with Gasteiger partial charge in [-0.1, -0.05) is 24.3 Å². The number of hydrogen-bond acceptors (Lipinski definition) is 3. The van der Waals surface area contributed by atoms with Crippen LogP contribution in [0.25, 0.3) is 0 Å². The minimum absolute atomic E-state index is 0.173. The second-order valence-corrected chi connectivity index (χ2v) is 4.98. The minimum atomic E-state index is 0.173. The fraction of sp³-hybridized carbons (Fsp3) is 0.600. The number of ether oxygens (including phenoxy) is 1. The summed E-state index contributed by atoms with van der Waals surface area (Å²) in [5, 5.41) is 12.3. The van der Waals surface area contributed by atoms with Crippen molar-refractivity contribution >= 4 is 0 Å². The summed E-state index contributed by atoms with van der Waals surface area (Å²) in [6.07, 6.45) is 3.06. The molecule has 1 aliphatic heterocycles. The predicted octanol–water partition coefficient (Wildman–Crippen LogP) is 2.05. The average molecular weight is 249 g/mol. The molecule has 0 amide bonds. The van der Waals surface area contributed by atoms with Gasteiger partial charge in [-0.15, -0.1) is 0 Å². The van der Waals surface area contributed by atoms with E-state index in [0.717, 1.165) is 32.4 Å². The molecule has 3 heteroatoms. The minimum Gasteiger partial charge on any atom is -0.396 e. The quantitative estimate of drug-likeness (QED) is 0.811. The summed E-state index contributed by atoms with van der Waals surface area (Å²) in [7, 11) is 0. The second-order valence-electron chi connectivity index (χ2n) is 4.98. The largest absolute Gasteiger partial charge is 0.396 e. The first-order valence-corrected chi connectivity index (χ1v) is 6.85. The van der Waals surface area contributed by atoms with E-state index in [-0.39, 0.29) is 12.7 Å². The number of fused-ring (bicyclic) bond motifs is 1. The molecule has 1 aromatic carbocycles. The molecular formula is C15H23NO2. The lowest BCUT2D eigenvalue weighted by Gasteiger charge is -2.27. The maximum absolute atomic E-state index is 8.81. The van der Waals surface area contributed by atoms with Gasteiger partial charge in [0.15, 0.2) is 0 Å². The maximum atomic E-state index is 8.81. The Morgan fingerprint density at radius 2 is 2.28 bits per heavy atom. The lowest BCUT2D eigenvalue weighted by atomic mass is 9.97. The van der Waals surface area contributed by atoms with Gasteiger partial charge >= 0.3 is 0 Å². The van der Waals surface area contributed by atoms with Crippen LogP contribution >= 0.6 is 0 Å². The molecule has 0 fully saturated rings. The lowest BCUT2D eigenvalue weighted by molar-refractivity contribution is 0.0407. The van der Waals surface area contributed by atoms with Gasteiger partial charge in [0.2, 0.25) is 0 Å². The Morgan fingerprint density at radius 1 is 1.44 bits per heavy atom. The fourth-order valence-electron chi connectivity index (χ4n) is 2.45. The smallest absolute Gasteiger partial charge is 0.0952 e. The molecule has 3 nitrogen and oxygen atoms in total. The Kier molecular flexibility index (Phi) is 5.17. The lowest BCUT2D eigenvalue weighted by Crippen LogP contribution is -2.33. The topological polar surface area (TPSA) is 41.5 Å². The van der Waals surface area contributed by atoms with Crippen LogP contribution in [0.4, 0.5) is 0 Å². The van der Waals surface area contributed by atoms with Gasteiger partial charge in [0.25, 0.3) is 0 Å². The fourth-order valence-corrected chi connectivity index (χ4v) is 2.45. The molecule has 2 rings (SSSR count). The van der Waals surface area contributed by atoms with Crippen LogP contribution in [-0.4, -0.2) is 30.9 Å². The average Bonchev–Trinajstić information content (AvgIpc) is 2.42. The van der Waals surface area contributed by atoms with Gasteiger partial charge in [-0.25, -0.2) is 0 Å². The summed E-state index contributed by atoms with van der Waals surface area (Å²) in [4.78, 5) is 0. The van der Waals surface area contributed by atoms with E-state index >= 15 is 0 Å². The maximum Gasteiger partial charge on any atom is 0.0952 e. The van der Waals surface area contributed by atoms with Crippen molar-refractivity contribution in [2.24, 2.45) is 0 Å². The number of aliphatic hydroxyl groups is 1. The molecule has 0 spiro atoms. The van der Waals surface area contributed by atoms with Gasteiger partial charge in [-0.2, -0.15) is 0 Å². The summed E-state index contributed by atoms with van der Waals surface area (Å²) < 4.78 is 5.85. The van der Waals surface area contributed by atoms with Crippen LogP contribution in [0, 0.1) is 0 Å². The highest BCUT2D eigenvalue weighted by atomic mass is 16.5. The van der Waals surface area contributed by atoms with Gasteiger partial charge in [0.05, 0.1) is 12.7 Å². The first-order valence-electron chi connectivity index (χ1n) is 6.85. The molecular weight excluding hydrogens is 226 g/mol. The summed E-state index contributed by atoms with van der Waals surface area (Å²) in [6.45, 7) is 4.09. The zero-order chi connectivity index (χ0) is 12.8. The SMILES string of the molecule is CC(CCCO)NCC1OCCc2ccccc21. The predicted molar refractivity (Wildman–Crippen MR) is 72.6 cm³/mol. The Bertz CT molecular complexity index is 367. The van der Waals surface area contributed by atoms with Crippen molar-refractivity contribution in [1.82, 2.24) is 5.32 Å². The molecule has 18 heavy (non-hydrogen) atoms. The highest BCUT2D eigenvalue weighted by Crippen LogP contribution is 2.26. The van der Waals surface area contributed by atoms with Crippen molar-refractivity contribution in [2.45, 2.75) is 38.3 Å². The van der Waals surface area contributed by atoms with Gasteiger partial charge in [-0.05, 0) is 37.3 Å². The van der Waals surface area contributed by atoms with Crippen LogP contribution in [0.15, 0.2) is 24.3 Å². The Hall–Kier alpha value is -0.900. The van der Waals surface area contributed by atoms with Crippen molar-refractivity contribution in [3.05, 3.63) is 35.4 Å². The van der Waals surface area contributed by atoms with E-state index in [1.807, 2.05) is 0 Å². The third-order valence-electron chi connectivity index (χ3n) is 3.54. The monoisotopic (exact) mass is 249 g/mol. The molecule has 0 radical (unpaired) electrons. The Labute approximate surface area is 109 Å². The number of benzene rings is 1. The first kappa shape index (κ1) is 13.5. The summed E-state index contributed by atoms with van der Waals surface area (Å²) in [6, 6.07) is 8.96. The van der Waals surface area contributed by atoms with Crippen molar-refractivity contribution < 1.29 is 9.84 Å². The second kappa shape index (κ2) is 6.88. The van der Waals surface area contributed by atoms with E-state index in [9.17, 15) is 0 Å². The van der Waals surface area contributed by atoms with Crippen LogP contribution in [0.3, 0.4) is 0 Å². The molecule has 2 unspecified atom stereocenters.